The molecule has 0 bridgehead atoms. The third-order valence-corrected chi connectivity index (χ3v) is 2.69. The third kappa shape index (κ3) is 2.69. The molecule has 0 aromatic heterocycles. The molecule has 2 rings (SSSR count). The summed E-state index contributed by atoms with van der Waals surface area (Å²) < 4.78 is 5.33. The van der Waals surface area contributed by atoms with E-state index in [1.54, 1.807) is 7.11 Å². The lowest BCUT2D eigenvalue weighted by atomic mass is 10.0. The first-order valence-corrected chi connectivity index (χ1v) is 5.76. The van der Waals surface area contributed by atoms with Crippen LogP contribution in [0.1, 0.15) is 0 Å². The zero-order chi connectivity index (χ0) is 12.8. The Morgan fingerprint density at radius 2 is 1.83 bits per heavy atom. The number of para-hydroxylation sites is 1. The molecule has 1 N–H and O–H groups in total. The van der Waals surface area contributed by atoms with Crippen LogP contribution in [0.25, 0.3) is 11.1 Å². The summed E-state index contributed by atoms with van der Waals surface area (Å²) in [5.41, 5.74) is 3.08. The number of benzene rings is 2. The molecule has 0 spiro atoms. The zero-order valence-electron chi connectivity index (χ0n) is 10.2. The van der Waals surface area contributed by atoms with Gasteiger partial charge in [-0.1, -0.05) is 30.3 Å². The maximum atomic E-state index is 10.3. The molecule has 0 fully saturated rings. The summed E-state index contributed by atoms with van der Waals surface area (Å²) in [4.78, 5) is 10.3. The summed E-state index contributed by atoms with van der Waals surface area (Å²) in [6, 6.07) is 15.8. The molecular formula is C15H15NO2. The van der Waals surface area contributed by atoms with E-state index in [0.717, 1.165) is 28.8 Å². The number of aldehydes is 1. The number of hydrogen-bond donors (Lipinski definition) is 1. The molecule has 0 aliphatic rings. The predicted molar refractivity (Wildman–Crippen MR) is 73.0 cm³/mol. The van der Waals surface area contributed by atoms with Crippen LogP contribution in [0.5, 0.6) is 5.75 Å². The van der Waals surface area contributed by atoms with Gasteiger partial charge in [0.2, 0.25) is 0 Å². The first-order chi connectivity index (χ1) is 8.85. The van der Waals surface area contributed by atoms with E-state index < -0.39 is 0 Å². The monoisotopic (exact) mass is 241 g/mol. The van der Waals surface area contributed by atoms with Crippen LogP contribution in [0.3, 0.4) is 0 Å². The van der Waals surface area contributed by atoms with E-state index >= 15 is 0 Å². The largest absolute Gasteiger partial charge is 0.496 e. The van der Waals surface area contributed by atoms with Gasteiger partial charge in [0.1, 0.15) is 12.0 Å². The molecule has 0 radical (unpaired) electrons. The molecule has 0 aliphatic heterocycles. The van der Waals surface area contributed by atoms with Crippen molar-refractivity contribution in [2.75, 3.05) is 19.0 Å². The lowest BCUT2D eigenvalue weighted by molar-refractivity contribution is -0.106. The smallest absolute Gasteiger partial charge is 0.139 e. The molecule has 3 heteroatoms. The number of carbonyl (C=O) groups excluding carboxylic acids is 1. The molecule has 2 aromatic carbocycles. The van der Waals surface area contributed by atoms with Gasteiger partial charge in [-0.2, -0.15) is 0 Å². The first-order valence-electron chi connectivity index (χ1n) is 5.76. The Labute approximate surface area is 106 Å². The predicted octanol–water partition coefficient (Wildman–Crippen LogP) is 2.97. The molecule has 92 valence electrons. The van der Waals surface area contributed by atoms with Crippen molar-refractivity contribution in [2.24, 2.45) is 0 Å². The maximum Gasteiger partial charge on any atom is 0.139 e. The lowest BCUT2D eigenvalue weighted by Crippen LogP contribution is -2.01. The van der Waals surface area contributed by atoms with Crippen LogP contribution < -0.4 is 10.1 Å². The van der Waals surface area contributed by atoms with Gasteiger partial charge >= 0.3 is 0 Å². The molecule has 0 atom stereocenters. The molecular weight excluding hydrogens is 226 g/mol. The Balaban J connectivity index is 2.25. The average Bonchev–Trinajstić information content (AvgIpc) is 2.45. The summed E-state index contributed by atoms with van der Waals surface area (Å²) in [5.74, 6) is 0.853. The molecule has 0 saturated carbocycles. The summed E-state index contributed by atoms with van der Waals surface area (Å²) >= 11 is 0. The van der Waals surface area contributed by atoms with E-state index in [1.807, 2.05) is 48.5 Å². The van der Waals surface area contributed by atoms with Gasteiger partial charge in [-0.15, -0.1) is 0 Å². The van der Waals surface area contributed by atoms with E-state index in [0.29, 0.717) is 6.54 Å². The van der Waals surface area contributed by atoms with Crippen molar-refractivity contribution in [3.8, 4) is 16.9 Å². The van der Waals surface area contributed by atoms with Crippen LogP contribution in [0.15, 0.2) is 48.5 Å². The molecule has 0 aliphatic carbocycles. The van der Waals surface area contributed by atoms with Crippen LogP contribution in [-0.2, 0) is 4.79 Å². The Morgan fingerprint density at radius 1 is 1.11 bits per heavy atom. The van der Waals surface area contributed by atoms with Gasteiger partial charge in [0, 0.05) is 11.3 Å². The lowest BCUT2D eigenvalue weighted by Gasteiger charge is -2.09. The number of hydrogen-bond acceptors (Lipinski definition) is 3. The Hall–Kier alpha value is -2.29. The van der Waals surface area contributed by atoms with Gasteiger partial charge in [0.25, 0.3) is 0 Å². The summed E-state index contributed by atoms with van der Waals surface area (Å²) in [6.07, 6.45) is 0.841. The second-order valence-corrected chi connectivity index (χ2v) is 3.83. The van der Waals surface area contributed by atoms with Gasteiger partial charge in [-0.25, -0.2) is 0 Å². The van der Waals surface area contributed by atoms with Crippen molar-refractivity contribution in [1.82, 2.24) is 0 Å². The molecule has 3 nitrogen and oxygen atoms in total. The van der Waals surface area contributed by atoms with E-state index in [1.165, 1.54) is 0 Å². The number of methoxy groups -OCH3 is 1. The van der Waals surface area contributed by atoms with E-state index in [2.05, 4.69) is 5.32 Å². The van der Waals surface area contributed by atoms with E-state index in [4.69, 9.17) is 4.74 Å². The highest BCUT2D eigenvalue weighted by molar-refractivity contribution is 5.72. The molecule has 0 heterocycles. The second-order valence-electron chi connectivity index (χ2n) is 3.83. The van der Waals surface area contributed by atoms with Crippen molar-refractivity contribution >= 4 is 12.0 Å². The van der Waals surface area contributed by atoms with Gasteiger partial charge in [-0.3, -0.25) is 0 Å². The van der Waals surface area contributed by atoms with Crippen LogP contribution in [0, 0.1) is 0 Å². The summed E-state index contributed by atoms with van der Waals surface area (Å²) in [6.45, 7) is 0.327. The van der Waals surface area contributed by atoms with Gasteiger partial charge < -0.3 is 14.8 Å². The topological polar surface area (TPSA) is 38.3 Å². The van der Waals surface area contributed by atoms with Crippen LogP contribution in [0.4, 0.5) is 5.69 Å². The van der Waals surface area contributed by atoms with E-state index in [9.17, 15) is 4.79 Å². The highest BCUT2D eigenvalue weighted by atomic mass is 16.5. The Bertz CT molecular complexity index is 520. The van der Waals surface area contributed by atoms with Crippen LogP contribution >= 0.6 is 0 Å². The van der Waals surface area contributed by atoms with Crippen LogP contribution in [-0.4, -0.2) is 19.9 Å². The summed E-state index contributed by atoms with van der Waals surface area (Å²) in [7, 11) is 1.67. The first kappa shape index (κ1) is 12.2. The highest BCUT2D eigenvalue weighted by Crippen LogP contribution is 2.30. The maximum absolute atomic E-state index is 10.3. The van der Waals surface area contributed by atoms with Crippen LogP contribution in [0.2, 0.25) is 0 Å². The minimum absolute atomic E-state index is 0.327. The summed E-state index contributed by atoms with van der Waals surface area (Å²) in [5, 5.41) is 3.00. The number of nitrogens with one attached hydrogen (secondary N) is 1. The number of ether oxygens (including phenoxy) is 1. The fourth-order valence-corrected chi connectivity index (χ4v) is 1.81. The number of anilines is 1. The van der Waals surface area contributed by atoms with Gasteiger partial charge in [-0.05, 0) is 23.8 Å². The number of carbonyl (C=O) groups is 1. The molecule has 0 unspecified atom stereocenters. The highest BCUT2D eigenvalue weighted by Gasteiger charge is 2.04. The van der Waals surface area contributed by atoms with Crippen molar-refractivity contribution in [1.29, 1.82) is 0 Å². The van der Waals surface area contributed by atoms with Crippen molar-refractivity contribution in [3.05, 3.63) is 48.5 Å². The molecule has 18 heavy (non-hydrogen) atoms. The zero-order valence-corrected chi connectivity index (χ0v) is 10.2. The van der Waals surface area contributed by atoms with E-state index in [-0.39, 0.29) is 0 Å². The minimum atomic E-state index is 0.327. The SMILES string of the molecule is COc1ccccc1-c1ccc(NCC=O)cc1. The molecule has 0 amide bonds. The molecule has 0 saturated heterocycles. The number of rotatable bonds is 5. The third-order valence-electron chi connectivity index (χ3n) is 2.69. The van der Waals surface area contributed by atoms with Crippen molar-refractivity contribution < 1.29 is 9.53 Å². The standard InChI is InChI=1S/C15H15NO2/c1-18-15-5-3-2-4-14(15)12-6-8-13(9-7-12)16-10-11-17/h2-9,11,16H,10H2,1H3. The average molecular weight is 241 g/mol. The van der Waals surface area contributed by atoms with Gasteiger partial charge in [0.15, 0.2) is 0 Å². The Morgan fingerprint density at radius 3 is 2.50 bits per heavy atom. The molecule has 2 aromatic rings. The normalized spacial score (nSPS) is 9.83. The minimum Gasteiger partial charge on any atom is -0.496 e. The fourth-order valence-electron chi connectivity index (χ4n) is 1.81. The quantitative estimate of drug-likeness (QED) is 0.818. The second kappa shape index (κ2) is 5.87. The fraction of sp³-hybridized carbons (Fsp3) is 0.133. The van der Waals surface area contributed by atoms with Crippen molar-refractivity contribution in [2.45, 2.75) is 0 Å². The Kier molecular flexibility index (Phi) is 3.97. The van der Waals surface area contributed by atoms with Crippen molar-refractivity contribution in [3.63, 3.8) is 0 Å². The van der Waals surface area contributed by atoms with Gasteiger partial charge in [0.05, 0.1) is 13.7 Å².